The molecule has 8 nitrogen and oxygen atoms in total. The summed E-state index contributed by atoms with van der Waals surface area (Å²) in [5.41, 5.74) is -1.80. The summed E-state index contributed by atoms with van der Waals surface area (Å²) in [5, 5.41) is -0.603. The van der Waals surface area contributed by atoms with Crippen LogP contribution in [0.25, 0.3) is 22.5 Å². The summed E-state index contributed by atoms with van der Waals surface area (Å²) < 4.78 is 115. The van der Waals surface area contributed by atoms with Crippen molar-refractivity contribution in [2.24, 2.45) is 0 Å². The lowest BCUT2D eigenvalue weighted by molar-refractivity contribution is -0.137. The first kappa shape index (κ1) is 42.2. The highest BCUT2D eigenvalue weighted by Crippen LogP contribution is 2.49. The van der Waals surface area contributed by atoms with E-state index in [1.54, 1.807) is 0 Å². The maximum absolute atomic E-state index is 14.9. The van der Waals surface area contributed by atoms with E-state index in [0.29, 0.717) is 32.2 Å². The Morgan fingerprint density at radius 1 is 0.782 bits per heavy atom. The van der Waals surface area contributed by atoms with Crippen LogP contribution in [-0.4, -0.2) is 26.8 Å². The molecule has 0 fully saturated rings. The van der Waals surface area contributed by atoms with Crippen LogP contribution in [0.5, 0.6) is 0 Å². The van der Waals surface area contributed by atoms with E-state index in [0.717, 1.165) is 23.5 Å². The largest absolute Gasteiger partial charge is 0.416 e. The summed E-state index contributed by atoms with van der Waals surface area (Å²) >= 11 is 43.1. The molecule has 0 spiro atoms. The van der Waals surface area contributed by atoms with Gasteiger partial charge < -0.3 is 0 Å². The molecule has 23 heteroatoms. The molecule has 2 heterocycles. The molecule has 0 aliphatic heterocycles. The Labute approximate surface area is 356 Å². The fourth-order valence-electron chi connectivity index (χ4n) is 5.11. The summed E-state index contributed by atoms with van der Waals surface area (Å²) in [6.45, 7) is 1.51. The first-order valence-corrected chi connectivity index (χ1v) is 22.3. The first-order chi connectivity index (χ1) is 25.6. The maximum Gasteiger partial charge on any atom is 0.416 e. The van der Waals surface area contributed by atoms with Crippen LogP contribution in [0.4, 0.5) is 33.5 Å². The van der Waals surface area contributed by atoms with Crippen LogP contribution in [0.1, 0.15) is 11.1 Å². The van der Waals surface area contributed by atoms with Gasteiger partial charge in [-0.2, -0.15) is 13.2 Å². The normalized spacial score (nSPS) is 12.3. The van der Waals surface area contributed by atoms with Crippen LogP contribution in [0.3, 0.4) is 0 Å². The maximum atomic E-state index is 14.9. The van der Waals surface area contributed by atoms with Gasteiger partial charge in [0.2, 0.25) is 5.13 Å². The van der Waals surface area contributed by atoms with Crippen molar-refractivity contribution >= 4 is 144 Å². The van der Waals surface area contributed by atoms with Gasteiger partial charge in [0, 0.05) is 20.8 Å². The van der Waals surface area contributed by atoms with Crippen LogP contribution >= 0.6 is 108 Å². The predicted octanol–water partition coefficient (Wildman–Crippen LogP) is 13.4. The number of halogens is 11. The van der Waals surface area contributed by atoms with Crippen molar-refractivity contribution in [2.75, 3.05) is 9.03 Å². The smallest absolute Gasteiger partial charge is 0.255 e. The molecule has 2 aromatic heterocycles. The van der Waals surface area contributed by atoms with Crippen molar-refractivity contribution in [1.82, 2.24) is 9.97 Å². The van der Waals surface area contributed by atoms with Gasteiger partial charge in [0.1, 0.15) is 10.7 Å². The zero-order valence-electron chi connectivity index (χ0n) is 26.6. The Morgan fingerprint density at radius 3 is 2.04 bits per heavy atom. The first-order valence-electron chi connectivity index (χ1n) is 14.6. The van der Waals surface area contributed by atoms with E-state index in [4.69, 9.17) is 69.6 Å². The number of nitrogens with one attached hydrogen (secondary N) is 1. The van der Waals surface area contributed by atoms with Crippen LogP contribution < -0.4 is 9.03 Å². The topological polar surface area (TPSA) is 109 Å². The Hall–Kier alpha value is -2.42. The molecule has 6 aromatic rings. The van der Waals surface area contributed by atoms with E-state index in [1.165, 1.54) is 48.0 Å². The number of hydrogen-bond donors (Lipinski definition) is 1. The Bertz CT molecular complexity index is 2710. The minimum atomic E-state index is -4.87. The molecular formula is C32H15BrCl6F4N4O4S4. The van der Waals surface area contributed by atoms with E-state index in [-0.39, 0.29) is 48.3 Å². The van der Waals surface area contributed by atoms with Gasteiger partial charge in [-0.05, 0) is 61.0 Å². The van der Waals surface area contributed by atoms with Crippen molar-refractivity contribution in [1.29, 1.82) is 0 Å². The van der Waals surface area contributed by atoms with Crippen LogP contribution in [0, 0.1) is 12.7 Å². The van der Waals surface area contributed by atoms with Gasteiger partial charge in [0.25, 0.3) is 20.0 Å². The van der Waals surface area contributed by atoms with Crippen LogP contribution in [0.2, 0.25) is 30.1 Å². The summed E-state index contributed by atoms with van der Waals surface area (Å²) in [6.07, 6.45) is -4.74. The van der Waals surface area contributed by atoms with Gasteiger partial charge in [-0.25, -0.2) is 35.5 Å². The quantitative estimate of drug-likeness (QED) is 0.145. The van der Waals surface area contributed by atoms with Crippen LogP contribution in [-0.2, 0) is 26.2 Å². The molecule has 0 atom stereocenters. The minimum Gasteiger partial charge on any atom is -0.255 e. The van der Waals surface area contributed by atoms with Crippen molar-refractivity contribution in [3.8, 4) is 22.5 Å². The van der Waals surface area contributed by atoms with Gasteiger partial charge in [-0.1, -0.05) is 91.6 Å². The average molecular weight is 1020 g/mol. The molecule has 0 bridgehead atoms. The lowest BCUT2D eigenvalue weighted by Crippen LogP contribution is -2.28. The Balaban J connectivity index is 1.49. The number of alkyl halides is 3. The highest BCUT2D eigenvalue weighted by Gasteiger charge is 2.38. The molecule has 0 saturated carbocycles. The molecule has 0 aliphatic rings. The molecule has 0 saturated heterocycles. The molecule has 0 amide bonds. The third-order valence-corrected chi connectivity index (χ3v) is 15.2. The van der Waals surface area contributed by atoms with Crippen molar-refractivity contribution in [2.45, 2.75) is 22.9 Å². The number of hydrogen-bond acceptors (Lipinski definition) is 8. The fourth-order valence-corrected chi connectivity index (χ4v) is 13.0. The third kappa shape index (κ3) is 8.30. The molecule has 0 unspecified atom stereocenters. The zero-order valence-corrected chi connectivity index (χ0v) is 36.0. The number of benzene rings is 4. The van der Waals surface area contributed by atoms with E-state index in [2.05, 4.69) is 30.6 Å². The fraction of sp³-hybridized carbons (Fsp3) is 0.0625. The minimum absolute atomic E-state index is 0.0229. The third-order valence-electron chi connectivity index (χ3n) is 7.47. The second-order valence-corrected chi connectivity index (χ2v) is 19.5. The number of sulfonamides is 2. The monoisotopic (exact) mass is 1010 g/mol. The van der Waals surface area contributed by atoms with E-state index in [9.17, 15) is 34.4 Å². The molecule has 1 N–H and O–H groups in total. The summed E-state index contributed by atoms with van der Waals surface area (Å²) in [6, 6.07) is 10.4. The number of aromatic nitrogens is 2. The number of nitrogens with zero attached hydrogens (tertiary/aromatic N) is 3. The lowest BCUT2D eigenvalue weighted by atomic mass is 10.1. The van der Waals surface area contributed by atoms with Gasteiger partial charge in [-0.3, -0.25) is 4.72 Å². The molecule has 288 valence electrons. The van der Waals surface area contributed by atoms with Crippen molar-refractivity contribution in [3.05, 3.63) is 117 Å². The van der Waals surface area contributed by atoms with Gasteiger partial charge >= 0.3 is 6.18 Å². The highest BCUT2D eigenvalue weighted by atomic mass is 79.9. The van der Waals surface area contributed by atoms with Crippen LogP contribution in [0.15, 0.2) is 79.6 Å². The molecular weight excluding hydrogens is 1000 g/mol. The summed E-state index contributed by atoms with van der Waals surface area (Å²) in [7, 11) is -9.64. The summed E-state index contributed by atoms with van der Waals surface area (Å²) in [4.78, 5) is 7.42. The molecule has 6 rings (SSSR count). The van der Waals surface area contributed by atoms with E-state index < -0.39 is 73.3 Å². The number of aryl methyl sites for hydroxylation is 1. The molecule has 0 aliphatic carbocycles. The second kappa shape index (κ2) is 15.7. The lowest BCUT2D eigenvalue weighted by Gasteiger charge is -2.26. The van der Waals surface area contributed by atoms with Gasteiger partial charge in [-0.15, -0.1) is 22.7 Å². The highest BCUT2D eigenvalue weighted by molar-refractivity contribution is 9.10. The Kier molecular flexibility index (Phi) is 12.1. The van der Waals surface area contributed by atoms with Crippen molar-refractivity contribution < 1.29 is 34.4 Å². The molecule has 4 aromatic carbocycles. The molecule has 55 heavy (non-hydrogen) atoms. The van der Waals surface area contributed by atoms with Gasteiger partial charge in [0.15, 0.2) is 5.13 Å². The zero-order chi connectivity index (χ0) is 40.4. The number of thiazole rings is 2. The standard InChI is InChI=1S/C32H15BrCl6F4N4O4S4/c1-13-7-15(33)5-6-24(13)55(50,51)47(31-45-23(12-53-31)26-16(34)3-2-4-21(26)40)28-19(37)10-20(38)29(27(28)39)54(48,49)46-30-44-22(11-52-30)25-17(35)8-14(9-18(25)36)32(41,42)43/h2-12H,1H3,(H,44,46). The predicted molar refractivity (Wildman–Crippen MR) is 216 cm³/mol. The molecule has 0 radical (unpaired) electrons. The second-order valence-electron chi connectivity index (χ2n) is 11.1. The van der Waals surface area contributed by atoms with E-state index >= 15 is 0 Å². The Morgan fingerprint density at radius 2 is 1.42 bits per heavy atom. The summed E-state index contributed by atoms with van der Waals surface area (Å²) in [5.74, 6) is -0.752. The SMILES string of the molecule is Cc1cc(Br)ccc1S(=O)(=O)N(c1nc(-c2c(F)cccc2Cl)cs1)c1c(Cl)cc(Cl)c(S(=O)(=O)Nc2nc(-c3c(Cl)cc(C(F)(F)F)cc3Cl)cs2)c1Cl. The number of anilines is 3. The average Bonchev–Trinajstić information content (AvgIpc) is 3.71. The number of rotatable bonds is 9. The van der Waals surface area contributed by atoms with E-state index in [1.807, 2.05) is 0 Å². The van der Waals surface area contributed by atoms with Gasteiger partial charge in [0.05, 0.1) is 63.2 Å². The van der Waals surface area contributed by atoms with Crippen molar-refractivity contribution in [3.63, 3.8) is 0 Å².